The molecule has 0 atom stereocenters. The molecule has 1 aromatic heterocycles. The number of aromatic hydroxyl groups is 1. The van der Waals surface area contributed by atoms with E-state index in [2.05, 4.69) is 40.9 Å². The molecule has 1 saturated carbocycles. The van der Waals surface area contributed by atoms with Gasteiger partial charge in [-0.1, -0.05) is 25.1 Å². The molecule has 168 valence electrons. The van der Waals surface area contributed by atoms with E-state index in [9.17, 15) is 9.50 Å². The number of benzene rings is 2. The number of phenols is 1. The average Bonchev–Trinajstić information content (AvgIpc) is 3.57. The van der Waals surface area contributed by atoms with Crippen LogP contribution in [-0.4, -0.2) is 41.8 Å². The van der Waals surface area contributed by atoms with Crippen molar-refractivity contribution < 1.29 is 9.50 Å². The van der Waals surface area contributed by atoms with E-state index in [1.54, 1.807) is 6.07 Å². The number of nitrogens with zero attached hydrogens (tertiary/aromatic N) is 4. The predicted molar refractivity (Wildman–Crippen MR) is 127 cm³/mol. The van der Waals surface area contributed by atoms with Gasteiger partial charge in [0.2, 0.25) is 0 Å². The van der Waals surface area contributed by atoms with Crippen LogP contribution in [0, 0.1) is 0 Å². The van der Waals surface area contributed by atoms with Crippen molar-refractivity contribution in [3.8, 4) is 5.75 Å². The number of para-hydroxylation sites is 1. The number of anilines is 2. The molecule has 1 N–H and O–H groups in total. The molecule has 2 fully saturated rings. The SMILES string of the molecule is CCCN(C)c1ccc2nc(C3(F)CC3)nc(N3CCC(c4ccccc4O)CC3)c2c1. The Kier molecular flexibility index (Phi) is 5.39. The highest BCUT2D eigenvalue weighted by Crippen LogP contribution is 2.49. The van der Waals surface area contributed by atoms with Crippen molar-refractivity contribution in [3.63, 3.8) is 0 Å². The molecule has 3 aromatic rings. The monoisotopic (exact) mass is 434 g/mol. The van der Waals surface area contributed by atoms with Gasteiger partial charge in [-0.3, -0.25) is 0 Å². The van der Waals surface area contributed by atoms with Crippen LogP contribution in [0.5, 0.6) is 5.75 Å². The highest BCUT2D eigenvalue weighted by molar-refractivity contribution is 5.92. The highest BCUT2D eigenvalue weighted by Gasteiger charge is 2.48. The maximum absolute atomic E-state index is 15.0. The maximum Gasteiger partial charge on any atom is 0.170 e. The summed E-state index contributed by atoms with van der Waals surface area (Å²) >= 11 is 0. The highest BCUT2D eigenvalue weighted by atomic mass is 19.1. The summed E-state index contributed by atoms with van der Waals surface area (Å²) in [6.45, 7) is 4.78. The lowest BCUT2D eigenvalue weighted by Crippen LogP contribution is -2.34. The number of piperidine rings is 1. The van der Waals surface area contributed by atoms with Crippen molar-refractivity contribution in [2.24, 2.45) is 0 Å². The van der Waals surface area contributed by atoms with Gasteiger partial charge in [0.25, 0.3) is 0 Å². The molecule has 5 nitrogen and oxygen atoms in total. The normalized spacial score (nSPS) is 18.2. The molecular formula is C26H31FN4O. The van der Waals surface area contributed by atoms with E-state index in [1.165, 1.54) is 0 Å². The summed E-state index contributed by atoms with van der Waals surface area (Å²) in [6.07, 6.45) is 3.93. The van der Waals surface area contributed by atoms with Crippen molar-refractivity contribution in [2.75, 3.05) is 36.5 Å². The summed E-state index contributed by atoms with van der Waals surface area (Å²) in [5, 5.41) is 11.3. The number of phenolic OH excluding ortho intramolecular Hbond substituents is 1. The van der Waals surface area contributed by atoms with Gasteiger partial charge < -0.3 is 14.9 Å². The molecule has 1 aliphatic carbocycles. The van der Waals surface area contributed by atoms with Gasteiger partial charge in [0, 0.05) is 37.8 Å². The summed E-state index contributed by atoms with van der Waals surface area (Å²) in [4.78, 5) is 13.9. The van der Waals surface area contributed by atoms with E-state index >= 15 is 0 Å². The summed E-state index contributed by atoms with van der Waals surface area (Å²) in [7, 11) is 2.10. The molecule has 2 aromatic carbocycles. The van der Waals surface area contributed by atoms with Crippen molar-refractivity contribution in [3.05, 3.63) is 53.9 Å². The molecule has 2 heterocycles. The van der Waals surface area contributed by atoms with E-state index < -0.39 is 5.67 Å². The first kappa shape index (κ1) is 21.0. The fourth-order valence-electron chi connectivity index (χ4n) is 4.81. The van der Waals surface area contributed by atoms with Crippen LogP contribution in [0.1, 0.15) is 56.3 Å². The predicted octanol–water partition coefficient (Wildman–Crippen LogP) is 5.52. The van der Waals surface area contributed by atoms with Gasteiger partial charge in [0.15, 0.2) is 11.5 Å². The Morgan fingerprint density at radius 2 is 1.88 bits per heavy atom. The molecule has 0 bridgehead atoms. The van der Waals surface area contributed by atoms with Crippen molar-refractivity contribution >= 4 is 22.4 Å². The number of hydrogen-bond acceptors (Lipinski definition) is 5. The summed E-state index contributed by atoms with van der Waals surface area (Å²) < 4.78 is 15.0. The summed E-state index contributed by atoms with van der Waals surface area (Å²) in [6, 6.07) is 13.8. The second kappa shape index (κ2) is 8.23. The topological polar surface area (TPSA) is 52.5 Å². The van der Waals surface area contributed by atoms with Gasteiger partial charge in [-0.05, 0) is 67.9 Å². The Balaban J connectivity index is 1.49. The lowest BCUT2D eigenvalue weighted by molar-refractivity contribution is 0.301. The second-order valence-corrected chi connectivity index (χ2v) is 9.28. The Labute approximate surface area is 188 Å². The van der Waals surface area contributed by atoms with E-state index in [0.717, 1.165) is 66.9 Å². The number of rotatable bonds is 6. The van der Waals surface area contributed by atoms with Gasteiger partial charge in [0.1, 0.15) is 11.6 Å². The van der Waals surface area contributed by atoms with Crippen LogP contribution in [0.15, 0.2) is 42.5 Å². The fraction of sp³-hybridized carbons (Fsp3) is 0.462. The largest absolute Gasteiger partial charge is 0.508 e. The van der Waals surface area contributed by atoms with Crippen LogP contribution < -0.4 is 9.80 Å². The molecule has 0 spiro atoms. The molecule has 0 radical (unpaired) electrons. The third-order valence-electron chi connectivity index (χ3n) is 6.92. The minimum Gasteiger partial charge on any atom is -0.508 e. The van der Waals surface area contributed by atoms with Crippen molar-refractivity contribution in [2.45, 2.75) is 50.6 Å². The van der Waals surface area contributed by atoms with Gasteiger partial charge in [-0.2, -0.15) is 0 Å². The van der Waals surface area contributed by atoms with Crippen LogP contribution in [0.2, 0.25) is 0 Å². The molecular weight excluding hydrogens is 403 g/mol. The first-order valence-electron chi connectivity index (χ1n) is 11.7. The molecule has 5 rings (SSSR count). The molecule has 2 aliphatic rings. The zero-order chi connectivity index (χ0) is 22.3. The van der Waals surface area contributed by atoms with Crippen LogP contribution in [0.25, 0.3) is 10.9 Å². The van der Waals surface area contributed by atoms with Crippen LogP contribution in [0.3, 0.4) is 0 Å². The van der Waals surface area contributed by atoms with Gasteiger partial charge in [0.05, 0.1) is 5.52 Å². The Morgan fingerprint density at radius 1 is 1.12 bits per heavy atom. The maximum atomic E-state index is 15.0. The fourth-order valence-corrected chi connectivity index (χ4v) is 4.81. The number of halogens is 1. The third-order valence-corrected chi connectivity index (χ3v) is 6.92. The quantitative estimate of drug-likeness (QED) is 0.553. The second-order valence-electron chi connectivity index (χ2n) is 9.28. The van der Waals surface area contributed by atoms with E-state index in [0.29, 0.717) is 30.3 Å². The molecule has 32 heavy (non-hydrogen) atoms. The van der Waals surface area contributed by atoms with E-state index in [4.69, 9.17) is 4.98 Å². The summed E-state index contributed by atoms with van der Waals surface area (Å²) in [5.41, 5.74) is 1.59. The van der Waals surface area contributed by atoms with Gasteiger partial charge >= 0.3 is 0 Å². The molecule has 1 saturated heterocycles. The van der Waals surface area contributed by atoms with E-state index in [-0.39, 0.29) is 0 Å². The minimum absolute atomic E-state index is 0.321. The van der Waals surface area contributed by atoms with Crippen LogP contribution >= 0.6 is 0 Å². The lowest BCUT2D eigenvalue weighted by atomic mass is 9.89. The first-order chi connectivity index (χ1) is 15.5. The van der Waals surface area contributed by atoms with E-state index in [1.807, 2.05) is 24.3 Å². The summed E-state index contributed by atoms with van der Waals surface area (Å²) in [5.74, 6) is 1.87. The first-order valence-corrected chi connectivity index (χ1v) is 11.7. The molecule has 0 amide bonds. The van der Waals surface area contributed by atoms with Crippen LogP contribution in [0.4, 0.5) is 15.9 Å². The number of hydrogen-bond donors (Lipinski definition) is 1. The number of aromatic nitrogens is 2. The molecule has 0 unspecified atom stereocenters. The Hall–Kier alpha value is -2.89. The van der Waals surface area contributed by atoms with Crippen molar-refractivity contribution in [1.29, 1.82) is 0 Å². The lowest BCUT2D eigenvalue weighted by Gasteiger charge is -2.34. The van der Waals surface area contributed by atoms with Gasteiger partial charge in [-0.15, -0.1) is 0 Å². The Morgan fingerprint density at radius 3 is 2.56 bits per heavy atom. The smallest absolute Gasteiger partial charge is 0.170 e. The third kappa shape index (κ3) is 3.87. The molecule has 6 heteroatoms. The minimum atomic E-state index is -1.37. The Bertz CT molecular complexity index is 1120. The number of alkyl halides is 1. The average molecular weight is 435 g/mol. The standard InChI is InChI=1S/C26H31FN4O/c1-3-14-30(2)19-8-9-22-21(17-19)24(29-25(28-22)26(27)12-13-26)31-15-10-18(11-16-31)20-6-4-5-7-23(20)32/h4-9,17-18,32H,3,10-16H2,1-2H3. The number of fused-ring (bicyclic) bond motifs is 1. The molecule has 1 aliphatic heterocycles. The van der Waals surface area contributed by atoms with Gasteiger partial charge in [-0.25, -0.2) is 14.4 Å². The van der Waals surface area contributed by atoms with Crippen LogP contribution in [-0.2, 0) is 5.67 Å². The zero-order valence-electron chi connectivity index (χ0n) is 18.9. The van der Waals surface area contributed by atoms with Crippen molar-refractivity contribution in [1.82, 2.24) is 9.97 Å². The zero-order valence-corrected chi connectivity index (χ0v) is 18.9.